The molecule has 1 saturated carbocycles. The van der Waals surface area contributed by atoms with Gasteiger partial charge in [0.25, 0.3) is 10.0 Å². The molecule has 0 saturated heterocycles. The predicted molar refractivity (Wildman–Crippen MR) is 71.1 cm³/mol. The van der Waals surface area contributed by atoms with Crippen molar-refractivity contribution < 1.29 is 13.5 Å². The molecule has 1 aliphatic carbocycles. The van der Waals surface area contributed by atoms with Gasteiger partial charge in [-0.15, -0.1) is 0 Å². The van der Waals surface area contributed by atoms with E-state index in [2.05, 4.69) is 9.71 Å². The zero-order chi connectivity index (χ0) is 13.9. The van der Waals surface area contributed by atoms with Crippen molar-refractivity contribution in [2.24, 2.45) is 5.92 Å². The summed E-state index contributed by atoms with van der Waals surface area (Å²) in [6.07, 6.45) is 6.32. The summed E-state index contributed by atoms with van der Waals surface area (Å²) in [5.41, 5.74) is 0. The molecule has 6 nitrogen and oxygen atoms in total. The second-order valence-corrected chi connectivity index (χ2v) is 6.72. The third-order valence-electron chi connectivity index (χ3n) is 3.65. The Morgan fingerprint density at radius 3 is 2.84 bits per heavy atom. The van der Waals surface area contributed by atoms with Crippen molar-refractivity contribution in [2.75, 3.05) is 6.54 Å². The quantitative estimate of drug-likeness (QED) is 0.836. The average molecular weight is 287 g/mol. The molecule has 0 aliphatic heterocycles. The predicted octanol–water partition coefficient (Wildman–Crippen LogP) is 0.732. The maximum atomic E-state index is 12.0. The van der Waals surface area contributed by atoms with Crippen LogP contribution in [0, 0.1) is 5.92 Å². The smallest absolute Gasteiger partial charge is 0.259 e. The van der Waals surface area contributed by atoms with Gasteiger partial charge in [0.05, 0.1) is 12.4 Å². The zero-order valence-electron chi connectivity index (χ0n) is 11.1. The van der Waals surface area contributed by atoms with Crippen molar-refractivity contribution in [3.8, 4) is 0 Å². The molecular formula is C12H21N3O3S. The lowest BCUT2D eigenvalue weighted by molar-refractivity contribution is 0.0724. The molecule has 0 amide bonds. The van der Waals surface area contributed by atoms with Crippen molar-refractivity contribution in [1.29, 1.82) is 0 Å². The van der Waals surface area contributed by atoms with Crippen molar-refractivity contribution in [2.45, 2.75) is 50.3 Å². The van der Waals surface area contributed by atoms with Gasteiger partial charge in [-0.05, 0) is 25.7 Å². The van der Waals surface area contributed by atoms with Gasteiger partial charge in [-0.25, -0.2) is 18.1 Å². The van der Waals surface area contributed by atoms with Crippen LogP contribution in [-0.2, 0) is 16.6 Å². The molecular weight excluding hydrogens is 266 g/mol. The van der Waals surface area contributed by atoms with Crippen LogP contribution in [0.3, 0.4) is 0 Å². The minimum atomic E-state index is -3.57. The number of nitrogens with one attached hydrogen (secondary N) is 1. The molecule has 108 valence electrons. The van der Waals surface area contributed by atoms with Crippen molar-refractivity contribution in [3.63, 3.8) is 0 Å². The van der Waals surface area contributed by atoms with Crippen molar-refractivity contribution in [1.82, 2.24) is 14.3 Å². The highest BCUT2D eigenvalue weighted by molar-refractivity contribution is 7.89. The fourth-order valence-corrected chi connectivity index (χ4v) is 3.41. The summed E-state index contributed by atoms with van der Waals surface area (Å²) in [4.78, 5) is 3.89. The van der Waals surface area contributed by atoms with Crippen LogP contribution in [0.15, 0.2) is 17.6 Å². The topological polar surface area (TPSA) is 84.2 Å². The molecule has 19 heavy (non-hydrogen) atoms. The van der Waals surface area contributed by atoms with Gasteiger partial charge in [0.1, 0.15) is 0 Å². The first kappa shape index (κ1) is 14.5. The molecule has 2 N–H and O–H groups in total. The number of rotatable bonds is 5. The number of hydrogen-bond donors (Lipinski definition) is 2. The van der Waals surface area contributed by atoms with Crippen molar-refractivity contribution in [3.05, 3.63) is 12.5 Å². The van der Waals surface area contributed by atoms with Crippen LogP contribution >= 0.6 is 0 Å². The second kappa shape index (κ2) is 6.02. The SMILES string of the molecule is CCn1cnc(S(=O)(=O)NCC2CCCCC2O)c1. The van der Waals surface area contributed by atoms with E-state index in [1.54, 1.807) is 4.57 Å². The summed E-state index contributed by atoms with van der Waals surface area (Å²) in [6.45, 7) is 2.89. The van der Waals surface area contributed by atoms with E-state index in [0.29, 0.717) is 6.54 Å². The van der Waals surface area contributed by atoms with Gasteiger partial charge in [0.2, 0.25) is 0 Å². The highest BCUT2D eigenvalue weighted by Crippen LogP contribution is 2.24. The maximum absolute atomic E-state index is 12.0. The first-order valence-corrected chi connectivity index (χ1v) is 8.20. The first-order chi connectivity index (χ1) is 9.03. The highest BCUT2D eigenvalue weighted by atomic mass is 32.2. The standard InChI is InChI=1S/C12H21N3O3S/c1-2-15-8-12(13-9-15)19(17,18)14-7-10-5-3-4-6-11(10)16/h8-11,14,16H,2-7H2,1H3. The van der Waals surface area contributed by atoms with Gasteiger partial charge in [0, 0.05) is 19.3 Å². The lowest BCUT2D eigenvalue weighted by Gasteiger charge is -2.27. The van der Waals surface area contributed by atoms with Crippen LogP contribution in [0.1, 0.15) is 32.6 Å². The van der Waals surface area contributed by atoms with Crippen LogP contribution in [0.2, 0.25) is 0 Å². The molecule has 1 aromatic rings. The molecule has 1 aromatic heterocycles. The van der Waals surface area contributed by atoms with Crippen LogP contribution in [0.5, 0.6) is 0 Å². The van der Waals surface area contributed by atoms with Gasteiger partial charge >= 0.3 is 0 Å². The monoisotopic (exact) mass is 287 g/mol. The normalized spacial score (nSPS) is 24.5. The Bertz CT molecular complexity index is 512. The highest BCUT2D eigenvalue weighted by Gasteiger charge is 2.25. The minimum absolute atomic E-state index is 0.0109. The second-order valence-electron chi connectivity index (χ2n) is 5.01. The Labute approximate surface area is 113 Å². The van der Waals surface area contributed by atoms with E-state index in [1.807, 2.05) is 6.92 Å². The number of aliphatic hydroxyl groups is 1. The van der Waals surface area contributed by atoms with Crippen LogP contribution in [-0.4, -0.2) is 35.7 Å². The molecule has 1 heterocycles. The largest absolute Gasteiger partial charge is 0.393 e. The summed E-state index contributed by atoms with van der Waals surface area (Å²) in [5.74, 6) is 0.0109. The summed E-state index contributed by atoms with van der Waals surface area (Å²) < 4.78 is 28.3. The zero-order valence-corrected chi connectivity index (χ0v) is 11.9. The summed E-state index contributed by atoms with van der Waals surface area (Å²) in [5, 5.41) is 9.87. The maximum Gasteiger partial charge on any atom is 0.259 e. The first-order valence-electron chi connectivity index (χ1n) is 6.72. The van der Waals surface area contributed by atoms with Crippen LogP contribution < -0.4 is 4.72 Å². The van der Waals surface area contributed by atoms with Crippen molar-refractivity contribution >= 4 is 10.0 Å². The molecule has 0 radical (unpaired) electrons. The molecule has 2 unspecified atom stereocenters. The van der Waals surface area contributed by atoms with Gasteiger partial charge in [-0.1, -0.05) is 12.8 Å². The number of imidazole rings is 1. The summed E-state index contributed by atoms with van der Waals surface area (Å²) in [6, 6.07) is 0. The summed E-state index contributed by atoms with van der Waals surface area (Å²) in [7, 11) is -3.57. The number of aromatic nitrogens is 2. The lowest BCUT2D eigenvalue weighted by atomic mass is 9.87. The Morgan fingerprint density at radius 2 is 2.21 bits per heavy atom. The molecule has 0 aromatic carbocycles. The van der Waals surface area contributed by atoms with E-state index >= 15 is 0 Å². The molecule has 2 rings (SSSR count). The Kier molecular flexibility index (Phi) is 4.59. The Balaban J connectivity index is 1.97. The van der Waals surface area contributed by atoms with Gasteiger partial charge in [0.15, 0.2) is 5.03 Å². The third kappa shape index (κ3) is 3.55. The van der Waals surface area contributed by atoms with E-state index in [0.717, 1.165) is 25.7 Å². The minimum Gasteiger partial charge on any atom is -0.393 e. The average Bonchev–Trinajstić information content (AvgIpc) is 2.87. The van der Waals surface area contributed by atoms with Gasteiger partial charge < -0.3 is 9.67 Å². The van der Waals surface area contributed by atoms with E-state index in [4.69, 9.17) is 0 Å². The number of hydrogen-bond acceptors (Lipinski definition) is 4. The molecule has 7 heteroatoms. The molecule has 0 bridgehead atoms. The number of aryl methyl sites for hydroxylation is 1. The Morgan fingerprint density at radius 1 is 1.47 bits per heavy atom. The van der Waals surface area contributed by atoms with Gasteiger partial charge in [-0.3, -0.25) is 0 Å². The fourth-order valence-electron chi connectivity index (χ4n) is 2.37. The number of nitrogens with zero attached hydrogens (tertiary/aromatic N) is 2. The number of aliphatic hydroxyl groups excluding tert-OH is 1. The van der Waals surface area contributed by atoms with E-state index < -0.39 is 16.1 Å². The molecule has 1 aliphatic rings. The fraction of sp³-hybridized carbons (Fsp3) is 0.750. The summed E-state index contributed by atoms with van der Waals surface area (Å²) >= 11 is 0. The van der Waals surface area contributed by atoms with E-state index in [-0.39, 0.29) is 17.5 Å². The van der Waals surface area contributed by atoms with E-state index in [9.17, 15) is 13.5 Å². The van der Waals surface area contributed by atoms with Crippen LogP contribution in [0.4, 0.5) is 0 Å². The molecule has 0 spiro atoms. The number of sulfonamides is 1. The Hall–Kier alpha value is -0.920. The van der Waals surface area contributed by atoms with E-state index in [1.165, 1.54) is 12.5 Å². The van der Waals surface area contributed by atoms with Crippen LogP contribution in [0.25, 0.3) is 0 Å². The third-order valence-corrected chi connectivity index (χ3v) is 4.96. The molecule has 2 atom stereocenters. The lowest BCUT2D eigenvalue weighted by Crippen LogP contribution is -2.36. The molecule has 1 fully saturated rings. The van der Waals surface area contributed by atoms with Gasteiger partial charge in [-0.2, -0.15) is 0 Å².